The van der Waals surface area contributed by atoms with Crippen molar-refractivity contribution in [2.75, 3.05) is 6.54 Å². The van der Waals surface area contributed by atoms with Gasteiger partial charge in [-0.15, -0.1) is 0 Å². The van der Waals surface area contributed by atoms with Gasteiger partial charge < -0.3 is 22.5 Å². The first-order valence-corrected chi connectivity index (χ1v) is 3.52. The van der Waals surface area contributed by atoms with Gasteiger partial charge in [0.15, 0.2) is 5.78 Å². The van der Waals surface area contributed by atoms with Crippen molar-refractivity contribution in [1.29, 1.82) is 0 Å². The van der Waals surface area contributed by atoms with E-state index in [4.69, 9.17) is 17.2 Å². The molecule has 0 radical (unpaired) electrons. The Hall–Kier alpha value is -0.980. The first-order valence-electron chi connectivity index (χ1n) is 3.52. The lowest BCUT2D eigenvalue weighted by atomic mass is 10.3. The Labute approximate surface area is 70.5 Å². The Kier molecular flexibility index (Phi) is 4.42. The first kappa shape index (κ1) is 11.0. The van der Waals surface area contributed by atoms with Gasteiger partial charge in [0.1, 0.15) is 6.17 Å². The largest absolute Gasteiger partial charge is 0.348 e. The summed E-state index contributed by atoms with van der Waals surface area (Å²) in [6.07, 6.45) is -1.04. The Morgan fingerprint density at radius 3 is 2.17 bits per heavy atom. The highest BCUT2D eigenvalue weighted by Crippen LogP contribution is 1.76. The number of nitrogens with two attached hydrogens (primary N) is 3. The van der Waals surface area contributed by atoms with Gasteiger partial charge in [-0.25, -0.2) is 0 Å². The standard InChI is InChI=1S/C6H14N4O2/c1-3(7)6(12)10-2-4(11)5(8)9/h3,5H,2,7-9H2,1H3,(H,10,12). The second-order valence-electron chi connectivity index (χ2n) is 2.50. The quantitative estimate of drug-likeness (QED) is 0.344. The zero-order valence-electron chi connectivity index (χ0n) is 6.91. The van der Waals surface area contributed by atoms with E-state index in [9.17, 15) is 9.59 Å². The third-order valence-corrected chi connectivity index (χ3v) is 1.22. The van der Waals surface area contributed by atoms with E-state index in [0.29, 0.717) is 0 Å². The predicted molar refractivity (Wildman–Crippen MR) is 43.8 cm³/mol. The van der Waals surface area contributed by atoms with Crippen molar-refractivity contribution in [2.45, 2.75) is 19.1 Å². The molecule has 0 saturated carbocycles. The zero-order chi connectivity index (χ0) is 9.72. The molecule has 70 valence electrons. The van der Waals surface area contributed by atoms with Crippen molar-refractivity contribution in [3.8, 4) is 0 Å². The van der Waals surface area contributed by atoms with E-state index in [0.717, 1.165) is 0 Å². The lowest BCUT2D eigenvalue weighted by Gasteiger charge is -2.08. The van der Waals surface area contributed by atoms with E-state index >= 15 is 0 Å². The van der Waals surface area contributed by atoms with Crippen LogP contribution in [0.1, 0.15) is 6.92 Å². The molecule has 7 N–H and O–H groups in total. The normalized spacial score (nSPS) is 12.8. The molecule has 0 aromatic rings. The number of hydrogen-bond acceptors (Lipinski definition) is 5. The van der Waals surface area contributed by atoms with Gasteiger partial charge in [-0.05, 0) is 6.92 Å². The Morgan fingerprint density at radius 1 is 1.33 bits per heavy atom. The summed E-state index contributed by atoms with van der Waals surface area (Å²) in [4.78, 5) is 21.6. The third-order valence-electron chi connectivity index (χ3n) is 1.22. The topological polar surface area (TPSA) is 124 Å². The summed E-state index contributed by atoms with van der Waals surface area (Å²) >= 11 is 0. The molecule has 0 aliphatic heterocycles. The number of ketones is 1. The molecule has 0 heterocycles. The molecule has 0 aromatic heterocycles. The average Bonchev–Trinajstić information content (AvgIpc) is 1.98. The van der Waals surface area contributed by atoms with Crippen molar-refractivity contribution in [2.24, 2.45) is 17.2 Å². The zero-order valence-corrected chi connectivity index (χ0v) is 6.91. The third kappa shape index (κ3) is 4.02. The van der Waals surface area contributed by atoms with Crippen LogP contribution in [0.15, 0.2) is 0 Å². The second-order valence-corrected chi connectivity index (χ2v) is 2.50. The van der Waals surface area contributed by atoms with Crippen LogP contribution in [0.5, 0.6) is 0 Å². The van der Waals surface area contributed by atoms with Crippen LogP contribution in [0.2, 0.25) is 0 Å². The number of hydrogen-bond donors (Lipinski definition) is 4. The van der Waals surface area contributed by atoms with Crippen LogP contribution in [0, 0.1) is 0 Å². The van der Waals surface area contributed by atoms with Gasteiger partial charge in [-0.1, -0.05) is 0 Å². The fraction of sp³-hybridized carbons (Fsp3) is 0.667. The molecule has 0 aliphatic carbocycles. The summed E-state index contributed by atoms with van der Waals surface area (Å²) in [5.74, 6) is -0.826. The minimum atomic E-state index is -1.04. The van der Waals surface area contributed by atoms with Gasteiger partial charge in [0, 0.05) is 0 Å². The van der Waals surface area contributed by atoms with E-state index in [1.54, 1.807) is 0 Å². The summed E-state index contributed by atoms with van der Waals surface area (Å²) in [5.41, 5.74) is 15.3. The van der Waals surface area contributed by atoms with Crippen LogP contribution >= 0.6 is 0 Å². The van der Waals surface area contributed by atoms with Gasteiger partial charge in [-0.3, -0.25) is 9.59 Å². The van der Waals surface area contributed by atoms with Crippen LogP contribution in [0.4, 0.5) is 0 Å². The second kappa shape index (κ2) is 4.81. The summed E-state index contributed by atoms with van der Waals surface area (Å²) in [6.45, 7) is 1.35. The van der Waals surface area contributed by atoms with Gasteiger partial charge in [-0.2, -0.15) is 0 Å². The van der Waals surface area contributed by atoms with Crippen LogP contribution in [0.3, 0.4) is 0 Å². The number of nitrogens with one attached hydrogen (secondary N) is 1. The summed E-state index contributed by atoms with van der Waals surface area (Å²) in [7, 11) is 0. The van der Waals surface area contributed by atoms with Crippen molar-refractivity contribution >= 4 is 11.7 Å². The highest BCUT2D eigenvalue weighted by atomic mass is 16.2. The molecular formula is C6H14N4O2. The number of carbonyl (C=O) groups is 2. The van der Waals surface area contributed by atoms with Crippen molar-refractivity contribution in [1.82, 2.24) is 5.32 Å². The molecule has 0 aliphatic rings. The Bertz CT molecular complexity index is 158. The van der Waals surface area contributed by atoms with E-state index in [-0.39, 0.29) is 6.54 Å². The van der Waals surface area contributed by atoms with Crippen molar-refractivity contribution in [3.63, 3.8) is 0 Å². The average molecular weight is 174 g/mol. The maximum absolute atomic E-state index is 10.8. The van der Waals surface area contributed by atoms with Crippen LogP contribution in [0.25, 0.3) is 0 Å². The first-order chi connectivity index (χ1) is 5.45. The molecular weight excluding hydrogens is 160 g/mol. The van der Waals surface area contributed by atoms with Crippen LogP contribution in [-0.4, -0.2) is 30.4 Å². The van der Waals surface area contributed by atoms with Crippen LogP contribution in [-0.2, 0) is 9.59 Å². The molecule has 1 amide bonds. The molecule has 1 unspecified atom stereocenters. The highest BCUT2D eigenvalue weighted by molar-refractivity contribution is 5.90. The van der Waals surface area contributed by atoms with Gasteiger partial charge >= 0.3 is 0 Å². The minimum absolute atomic E-state index is 0.169. The number of rotatable bonds is 4. The van der Waals surface area contributed by atoms with Crippen molar-refractivity contribution in [3.05, 3.63) is 0 Å². The maximum atomic E-state index is 10.8. The minimum Gasteiger partial charge on any atom is -0.348 e. The molecule has 0 aromatic carbocycles. The monoisotopic (exact) mass is 174 g/mol. The van der Waals surface area contributed by atoms with Gasteiger partial charge in [0.05, 0.1) is 12.6 Å². The molecule has 0 saturated heterocycles. The molecule has 0 spiro atoms. The Balaban J connectivity index is 3.69. The molecule has 1 atom stereocenters. The summed E-state index contributed by atoms with van der Waals surface area (Å²) in [6, 6.07) is -0.633. The number of Topliss-reactive ketones (excluding diaryl/α,β-unsaturated/α-hetero) is 1. The van der Waals surface area contributed by atoms with Crippen LogP contribution < -0.4 is 22.5 Å². The lowest BCUT2D eigenvalue weighted by molar-refractivity contribution is -0.126. The molecule has 0 bridgehead atoms. The number of amides is 1. The van der Waals surface area contributed by atoms with E-state index < -0.39 is 23.9 Å². The highest BCUT2D eigenvalue weighted by Gasteiger charge is 2.11. The smallest absolute Gasteiger partial charge is 0.236 e. The molecule has 0 fully saturated rings. The molecule has 12 heavy (non-hydrogen) atoms. The number of carbonyl (C=O) groups excluding carboxylic acids is 2. The molecule has 6 nitrogen and oxygen atoms in total. The maximum Gasteiger partial charge on any atom is 0.236 e. The molecule has 6 heteroatoms. The fourth-order valence-electron chi connectivity index (χ4n) is 0.453. The van der Waals surface area contributed by atoms with E-state index in [1.165, 1.54) is 6.92 Å². The molecule has 0 rings (SSSR count). The Morgan fingerprint density at radius 2 is 1.83 bits per heavy atom. The van der Waals surface area contributed by atoms with Crippen molar-refractivity contribution < 1.29 is 9.59 Å². The fourth-order valence-corrected chi connectivity index (χ4v) is 0.453. The summed E-state index contributed by atoms with van der Waals surface area (Å²) in [5, 5.41) is 2.29. The van der Waals surface area contributed by atoms with E-state index in [1.807, 2.05) is 0 Å². The predicted octanol–water partition coefficient (Wildman–Crippen LogP) is -2.74. The SMILES string of the molecule is CC(N)C(=O)NCC(=O)C(N)N. The van der Waals surface area contributed by atoms with E-state index in [2.05, 4.69) is 5.32 Å². The summed E-state index contributed by atoms with van der Waals surface area (Å²) < 4.78 is 0. The lowest BCUT2D eigenvalue weighted by Crippen LogP contribution is -2.47. The van der Waals surface area contributed by atoms with Gasteiger partial charge in [0.2, 0.25) is 5.91 Å². The van der Waals surface area contributed by atoms with Gasteiger partial charge in [0.25, 0.3) is 0 Å².